The van der Waals surface area contributed by atoms with Crippen LogP contribution in [-0.2, 0) is 5.41 Å². The van der Waals surface area contributed by atoms with E-state index in [-0.39, 0.29) is 0 Å². The van der Waals surface area contributed by atoms with Crippen LogP contribution in [0.25, 0.3) is 67.3 Å². The lowest BCUT2D eigenvalue weighted by Crippen LogP contribution is -2.32. The van der Waals surface area contributed by atoms with E-state index >= 15 is 0 Å². The van der Waals surface area contributed by atoms with E-state index in [1.54, 1.807) is 0 Å². The third-order valence-corrected chi connectivity index (χ3v) is 10.9. The molecule has 1 spiro atoms. The SMILES string of the molecule is c1ccc(-c2nc(-c3ccc(-c4cccc5cccnc45)cc3)nc(-c3ccc4c(c3)C3(c5ccccc5O4)c4ccccc4-c4ccccc43)n2)cc1. The molecular formula is C49H30N4O. The number of nitrogens with zero attached hydrogens (tertiary/aromatic N) is 4. The smallest absolute Gasteiger partial charge is 0.164 e. The lowest BCUT2D eigenvalue weighted by Gasteiger charge is -2.39. The highest BCUT2D eigenvalue weighted by Crippen LogP contribution is 2.62. The molecule has 9 aromatic rings. The highest BCUT2D eigenvalue weighted by atomic mass is 16.5. The summed E-state index contributed by atoms with van der Waals surface area (Å²) in [5.74, 6) is 3.49. The Morgan fingerprint density at radius 2 is 0.907 bits per heavy atom. The van der Waals surface area contributed by atoms with Crippen LogP contribution < -0.4 is 4.74 Å². The fraction of sp³-hybridized carbons (Fsp3) is 0.0204. The second-order valence-corrected chi connectivity index (χ2v) is 13.8. The Hall–Kier alpha value is -7.24. The summed E-state index contributed by atoms with van der Waals surface area (Å²) < 4.78 is 6.69. The standard InChI is InChI=1S/C49H30N4O/c1-2-12-33(13-3-1)46-51-47(34-25-23-31(24-26-34)36-18-10-14-32-15-11-29-50-45(32)36)53-48(52-46)35-27-28-44-42(30-35)49(41-21-8-9-22-43(41)54-44)39-19-6-4-16-37(39)38-17-5-7-20-40(38)49/h1-30H. The minimum Gasteiger partial charge on any atom is -0.457 e. The van der Waals surface area contributed by atoms with Gasteiger partial charge in [-0.2, -0.15) is 0 Å². The van der Waals surface area contributed by atoms with Gasteiger partial charge in [0, 0.05) is 45.0 Å². The molecule has 5 nitrogen and oxygen atoms in total. The van der Waals surface area contributed by atoms with Gasteiger partial charge in [-0.3, -0.25) is 4.98 Å². The molecule has 0 radical (unpaired) electrons. The lowest BCUT2D eigenvalue weighted by atomic mass is 9.66. The van der Waals surface area contributed by atoms with Gasteiger partial charge in [0.05, 0.1) is 10.9 Å². The van der Waals surface area contributed by atoms with Crippen LogP contribution in [0.2, 0.25) is 0 Å². The fourth-order valence-electron chi connectivity index (χ4n) is 8.48. The Balaban J connectivity index is 1.10. The number of benzene rings is 7. The summed E-state index contributed by atoms with van der Waals surface area (Å²) in [6.07, 6.45) is 1.84. The van der Waals surface area contributed by atoms with Crippen molar-refractivity contribution in [3.8, 4) is 67.9 Å². The maximum Gasteiger partial charge on any atom is 0.164 e. The zero-order valence-corrected chi connectivity index (χ0v) is 29.0. The highest BCUT2D eigenvalue weighted by molar-refractivity contribution is 5.94. The Bertz CT molecular complexity index is 2870. The van der Waals surface area contributed by atoms with Gasteiger partial charge in [0.15, 0.2) is 17.5 Å². The number of rotatable bonds is 4. The molecule has 0 bridgehead atoms. The monoisotopic (exact) mass is 690 g/mol. The van der Waals surface area contributed by atoms with Gasteiger partial charge in [0.2, 0.25) is 0 Å². The van der Waals surface area contributed by atoms with Crippen LogP contribution in [-0.4, -0.2) is 19.9 Å². The first kappa shape index (κ1) is 30.4. The first-order valence-electron chi connectivity index (χ1n) is 18.1. The molecule has 0 fully saturated rings. The fourth-order valence-corrected chi connectivity index (χ4v) is 8.48. The van der Waals surface area contributed by atoms with E-state index in [0.29, 0.717) is 17.5 Å². The quantitative estimate of drug-likeness (QED) is 0.184. The van der Waals surface area contributed by atoms with Crippen molar-refractivity contribution in [1.82, 2.24) is 19.9 Å². The van der Waals surface area contributed by atoms with E-state index < -0.39 is 5.41 Å². The predicted molar refractivity (Wildman–Crippen MR) is 214 cm³/mol. The third-order valence-electron chi connectivity index (χ3n) is 10.9. The summed E-state index contributed by atoms with van der Waals surface area (Å²) in [4.78, 5) is 20.0. The molecule has 11 rings (SSSR count). The molecule has 7 aromatic carbocycles. The molecular weight excluding hydrogens is 661 g/mol. The predicted octanol–water partition coefficient (Wildman–Crippen LogP) is 11.6. The van der Waals surface area contributed by atoms with Crippen LogP contribution in [0.4, 0.5) is 0 Å². The van der Waals surface area contributed by atoms with Gasteiger partial charge in [0.1, 0.15) is 11.5 Å². The van der Waals surface area contributed by atoms with Crippen molar-refractivity contribution >= 4 is 10.9 Å². The van der Waals surface area contributed by atoms with Gasteiger partial charge in [-0.05, 0) is 58.1 Å². The van der Waals surface area contributed by atoms with Crippen molar-refractivity contribution in [2.45, 2.75) is 5.41 Å². The second kappa shape index (κ2) is 11.9. The van der Waals surface area contributed by atoms with Gasteiger partial charge < -0.3 is 4.74 Å². The summed E-state index contributed by atoms with van der Waals surface area (Å²) in [5, 5.41) is 1.11. The Morgan fingerprint density at radius 1 is 0.370 bits per heavy atom. The summed E-state index contributed by atoms with van der Waals surface area (Å²) in [6.45, 7) is 0. The molecule has 2 aromatic heterocycles. The van der Waals surface area contributed by atoms with Crippen molar-refractivity contribution in [2.75, 3.05) is 0 Å². The van der Waals surface area contributed by atoms with Crippen LogP contribution in [0.5, 0.6) is 11.5 Å². The number of hydrogen-bond donors (Lipinski definition) is 0. The first-order chi connectivity index (χ1) is 26.8. The molecule has 0 unspecified atom stereocenters. The summed E-state index contributed by atoms with van der Waals surface area (Å²) in [7, 11) is 0. The molecule has 3 heterocycles. The molecule has 0 amide bonds. The largest absolute Gasteiger partial charge is 0.457 e. The third kappa shape index (κ3) is 4.52. The molecule has 1 aliphatic carbocycles. The molecule has 1 aliphatic heterocycles. The van der Waals surface area contributed by atoms with Gasteiger partial charge in [0.25, 0.3) is 0 Å². The highest BCUT2D eigenvalue weighted by Gasteiger charge is 2.51. The average molecular weight is 691 g/mol. The molecule has 252 valence electrons. The minimum atomic E-state index is -0.586. The number of pyridine rings is 1. The Morgan fingerprint density at radius 3 is 1.65 bits per heavy atom. The molecule has 0 atom stereocenters. The number of para-hydroxylation sites is 2. The molecule has 54 heavy (non-hydrogen) atoms. The van der Waals surface area contributed by atoms with E-state index in [9.17, 15) is 0 Å². The van der Waals surface area contributed by atoms with E-state index in [2.05, 4.69) is 138 Å². The summed E-state index contributed by atoms with van der Waals surface area (Å²) in [5.41, 5.74) is 12.4. The lowest BCUT2D eigenvalue weighted by molar-refractivity contribution is 0.436. The van der Waals surface area contributed by atoms with E-state index in [1.165, 1.54) is 22.3 Å². The van der Waals surface area contributed by atoms with Crippen LogP contribution in [0, 0.1) is 0 Å². The van der Waals surface area contributed by atoms with E-state index in [4.69, 9.17) is 19.7 Å². The summed E-state index contributed by atoms with van der Waals surface area (Å²) >= 11 is 0. The van der Waals surface area contributed by atoms with E-state index in [1.807, 2.05) is 48.7 Å². The van der Waals surface area contributed by atoms with Crippen LogP contribution in [0.3, 0.4) is 0 Å². The Kier molecular flexibility index (Phi) is 6.70. The van der Waals surface area contributed by atoms with Crippen molar-refractivity contribution in [2.24, 2.45) is 0 Å². The maximum atomic E-state index is 6.69. The Labute approximate surface area is 312 Å². The topological polar surface area (TPSA) is 60.8 Å². The van der Waals surface area contributed by atoms with Crippen LogP contribution in [0.1, 0.15) is 22.3 Å². The number of aromatic nitrogens is 4. The van der Waals surface area contributed by atoms with Gasteiger partial charge in [-0.25, -0.2) is 15.0 Å². The van der Waals surface area contributed by atoms with Crippen molar-refractivity contribution in [1.29, 1.82) is 0 Å². The van der Waals surface area contributed by atoms with E-state index in [0.717, 1.165) is 61.3 Å². The first-order valence-corrected chi connectivity index (χ1v) is 18.1. The van der Waals surface area contributed by atoms with Gasteiger partial charge in [-0.1, -0.05) is 146 Å². The van der Waals surface area contributed by atoms with Crippen molar-refractivity contribution in [3.05, 3.63) is 204 Å². The number of fused-ring (bicyclic) bond motifs is 10. The summed E-state index contributed by atoms with van der Waals surface area (Å²) in [6, 6.07) is 61.2. The van der Waals surface area contributed by atoms with Gasteiger partial charge in [-0.15, -0.1) is 0 Å². The van der Waals surface area contributed by atoms with Gasteiger partial charge >= 0.3 is 0 Å². The molecule has 2 aliphatic rings. The normalized spacial score (nSPS) is 13.1. The van der Waals surface area contributed by atoms with Crippen molar-refractivity contribution in [3.63, 3.8) is 0 Å². The van der Waals surface area contributed by atoms with Crippen molar-refractivity contribution < 1.29 is 4.74 Å². The van der Waals surface area contributed by atoms with Crippen LogP contribution in [0.15, 0.2) is 182 Å². The zero-order valence-electron chi connectivity index (χ0n) is 29.0. The average Bonchev–Trinajstić information content (AvgIpc) is 3.54. The molecule has 0 saturated heterocycles. The number of hydrogen-bond acceptors (Lipinski definition) is 5. The number of ether oxygens (including phenoxy) is 1. The maximum absolute atomic E-state index is 6.69. The molecule has 0 N–H and O–H groups in total. The molecule has 5 heteroatoms. The molecule has 0 saturated carbocycles. The minimum absolute atomic E-state index is 0.586. The van der Waals surface area contributed by atoms with Crippen LogP contribution >= 0.6 is 0 Å². The second-order valence-electron chi connectivity index (χ2n) is 13.8. The zero-order chi connectivity index (χ0) is 35.6.